The second kappa shape index (κ2) is 5.06. The van der Waals surface area contributed by atoms with Crippen LogP contribution in [0, 0.1) is 12.7 Å². The minimum Gasteiger partial charge on any atom is -0.340 e. The second-order valence-electron chi connectivity index (χ2n) is 4.50. The van der Waals surface area contributed by atoms with Crippen molar-refractivity contribution in [3.8, 4) is 0 Å². The molecule has 1 heterocycles. The first-order chi connectivity index (χ1) is 9.63. The van der Waals surface area contributed by atoms with E-state index >= 15 is 0 Å². The first-order valence-corrected chi connectivity index (χ1v) is 6.45. The van der Waals surface area contributed by atoms with Crippen LogP contribution in [0.15, 0.2) is 42.7 Å². The van der Waals surface area contributed by atoms with E-state index in [1.54, 1.807) is 6.07 Å². The fraction of sp³-hybridized carbons (Fsp3) is 0.0667. The molecule has 2 aromatic carbocycles. The van der Waals surface area contributed by atoms with Gasteiger partial charge in [0.15, 0.2) is 0 Å². The molecule has 5 heteroatoms. The van der Waals surface area contributed by atoms with Crippen molar-refractivity contribution in [2.75, 3.05) is 5.32 Å². The van der Waals surface area contributed by atoms with Gasteiger partial charge < -0.3 is 5.32 Å². The molecule has 1 N–H and O–H groups in total. The Bertz CT molecular complexity index is 789. The lowest BCUT2D eigenvalue weighted by Crippen LogP contribution is -1.96. The van der Waals surface area contributed by atoms with Crippen LogP contribution >= 0.6 is 11.6 Å². The molecule has 0 saturated heterocycles. The predicted molar refractivity (Wildman–Crippen MR) is 79.0 cm³/mol. The van der Waals surface area contributed by atoms with E-state index < -0.39 is 5.82 Å². The number of rotatable bonds is 2. The maximum Gasteiger partial charge on any atom is 0.141 e. The number of aromatic nitrogens is 2. The Morgan fingerprint density at radius 2 is 1.95 bits per heavy atom. The molecule has 0 amide bonds. The minimum atomic E-state index is -0.444. The van der Waals surface area contributed by atoms with Gasteiger partial charge in [0.1, 0.15) is 18.0 Å². The molecule has 0 atom stereocenters. The topological polar surface area (TPSA) is 37.8 Å². The molecule has 0 saturated carbocycles. The summed E-state index contributed by atoms with van der Waals surface area (Å²) in [5.41, 5.74) is 2.67. The van der Waals surface area contributed by atoms with E-state index in [-0.39, 0.29) is 5.02 Å². The van der Waals surface area contributed by atoms with E-state index in [0.29, 0.717) is 11.5 Å². The third-order valence-electron chi connectivity index (χ3n) is 2.97. The number of hydrogen-bond donors (Lipinski definition) is 1. The van der Waals surface area contributed by atoms with Gasteiger partial charge in [-0.2, -0.15) is 0 Å². The summed E-state index contributed by atoms with van der Waals surface area (Å²) in [6.07, 6.45) is 1.50. The fourth-order valence-corrected chi connectivity index (χ4v) is 2.16. The Kier molecular flexibility index (Phi) is 3.24. The van der Waals surface area contributed by atoms with Crippen molar-refractivity contribution in [2.45, 2.75) is 6.92 Å². The molecule has 20 heavy (non-hydrogen) atoms. The highest BCUT2D eigenvalue weighted by molar-refractivity contribution is 6.31. The number of benzene rings is 2. The van der Waals surface area contributed by atoms with Crippen LogP contribution in [0.4, 0.5) is 15.9 Å². The van der Waals surface area contributed by atoms with Gasteiger partial charge in [-0.15, -0.1) is 0 Å². The lowest BCUT2D eigenvalue weighted by molar-refractivity contribution is 0.628. The summed E-state index contributed by atoms with van der Waals surface area (Å²) < 4.78 is 13.1. The summed E-state index contributed by atoms with van der Waals surface area (Å²) >= 11 is 5.77. The van der Waals surface area contributed by atoms with Gasteiger partial charge >= 0.3 is 0 Å². The van der Waals surface area contributed by atoms with Crippen LogP contribution in [0.3, 0.4) is 0 Å². The van der Waals surface area contributed by atoms with E-state index in [2.05, 4.69) is 15.3 Å². The highest BCUT2D eigenvalue weighted by Crippen LogP contribution is 2.26. The van der Waals surface area contributed by atoms with Gasteiger partial charge in [-0.25, -0.2) is 14.4 Å². The second-order valence-corrected chi connectivity index (χ2v) is 4.90. The number of nitrogens with one attached hydrogen (secondary N) is 1. The molecule has 1 aromatic heterocycles. The highest BCUT2D eigenvalue weighted by atomic mass is 35.5. The summed E-state index contributed by atoms with van der Waals surface area (Å²) in [5, 5.41) is 4.11. The van der Waals surface area contributed by atoms with Crippen LogP contribution in [0.2, 0.25) is 5.02 Å². The summed E-state index contributed by atoms with van der Waals surface area (Å²) in [6.45, 7) is 2.01. The van der Waals surface area contributed by atoms with Crippen LogP contribution < -0.4 is 5.32 Å². The zero-order chi connectivity index (χ0) is 14.1. The fourth-order valence-electron chi connectivity index (χ4n) is 1.98. The highest BCUT2D eigenvalue weighted by Gasteiger charge is 2.06. The summed E-state index contributed by atoms with van der Waals surface area (Å²) in [6, 6.07) is 10.4. The summed E-state index contributed by atoms with van der Waals surface area (Å²) in [4.78, 5) is 8.46. The number of hydrogen-bond acceptors (Lipinski definition) is 3. The maximum absolute atomic E-state index is 13.1. The average molecular weight is 288 g/mol. The molecule has 100 valence electrons. The molecule has 0 aliphatic heterocycles. The molecule has 0 radical (unpaired) electrons. The van der Waals surface area contributed by atoms with Gasteiger partial charge in [0.2, 0.25) is 0 Å². The smallest absolute Gasteiger partial charge is 0.141 e. The number of halogens is 2. The quantitative estimate of drug-likeness (QED) is 0.755. The predicted octanol–water partition coefficient (Wildman–Crippen LogP) is 4.47. The van der Waals surface area contributed by atoms with E-state index in [0.717, 1.165) is 16.5 Å². The normalized spacial score (nSPS) is 10.8. The largest absolute Gasteiger partial charge is 0.340 e. The van der Waals surface area contributed by atoms with Crippen molar-refractivity contribution in [2.24, 2.45) is 0 Å². The zero-order valence-corrected chi connectivity index (χ0v) is 11.4. The number of aryl methyl sites for hydroxylation is 1. The number of nitrogens with zero attached hydrogens (tertiary/aromatic N) is 2. The molecule has 3 aromatic rings. The van der Waals surface area contributed by atoms with Crippen LogP contribution in [0.25, 0.3) is 10.9 Å². The molecule has 0 aliphatic carbocycles. The van der Waals surface area contributed by atoms with Crippen molar-refractivity contribution in [1.29, 1.82) is 0 Å². The van der Waals surface area contributed by atoms with Gasteiger partial charge in [0.25, 0.3) is 0 Å². The Labute approximate surface area is 120 Å². The van der Waals surface area contributed by atoms with E-state index in [4.69, 9.17) is 11.6 Å². The van der Waals surface area contributed by atoms with Gasteiger partial charge in [-0.3, -0.25) is 0 Å². The van der Waals surface area contributed by atoms with Crippen molar-refractivity contribution in [3.05, 3.63) is 59.1 Å². The first-order valence-electron chi connectivity index (χ1n) is 6.07. The summed E-state index contributed by atoms with van der Waals surface area (Å²) in [5.74, 6) is 0.220. The van der Waals surface area contributed by atoms with Crippen molar-refractivity contribution in [3.63, 3.8) is 0 Å². The Balaban J connectivity index is 2.04. The number of anilines is 2. The zero-order valence-electron chi connectivity index (χ0n) is 10.7. The lowest BCUT2D eigenvalue weighted by atomic mass is 10.1. The van der Waals surface area contributed by atoms with Crippen LogP contribution in [-0.2, 0) is 0 Å². The maximum atomic E-state index is 13.1. The Hall–Kier alpha value is -2.20. The Morgan fingerprint density at radius 1 is 1.10 bits per heavy atom. The molecule has 0 unspecified atom stereocenters. The van der Waals surface area contributed by atoms with Gasteiger partial charge in [-0.05, 0) is 42.8 Å². The Morgan fingerprint density at radius 3 is 2.75 bits per heavy atom. The molecular weight excluding hydrogens is 277 g/mol. The summed E-state index contributed by atoms with van der Waals surface area (Å²) in [7, 11) is 0. The van der Waals surface area contributed by atoms with Crippen molar-refractivity contribution >= 4 is 34.0 Å². The third-order valence-corrected chi connectivity index (χ3v) is 3.26. The molecule has 0 aliphatic rings. The molecule has 0 fully saturated rings. The average Bonchev–Trinajstić information content (AvgIpc) is 2.43. The van der Waals surface area contributed by atoms with Gasteiger partial charge in [0.05, 0.1) is 10.5 Å². The molecule has 3 rings (SSSR count). The van der Waals surface area contributed by atoms with E-state index in [1.807, 2.05) is 25.1 Å². The third kappa shape index (κ3) is 2.42. The molecular formula is C15H11ClFN3. The van der Waals surface area contributed by atoms with E-state index in [1.165, 1.54) is 18.5 Å². The first kappa shape index (κ1) is 12.8. The van der Waals surface area contributed by atoms with Crippen LogP contribution in [-0.4, -0.2) is 9.97 Å². The lowest BCUT2D eigenvalue weighted by Gasteiger charge is -2.09. The molecule has 3 nitrogen and oxygen atoms in total. The van der Waals surface area contributed by atoms with Gasteiger partial charge in [0, 0.05) is 11.1 Å². The monoisotopic (exact) mass is 287 g/mol. The standard InChI is InChI=1S/C15H11ClFN3/c1-9-2-4-11-14(6-9)18-8-19-15(11)20-10-3-5-13(17)12(16)7-10/h2-8H,1H3,(H,18,19,20). The number of fused-ring (bicyclic) bond motifs is 1. The molecule has 0 bridgehead atoms. The van der Waals surface area contributed by atoms with Crippen molar-refractivity contribution < 1.29 is 4.39 Å². The van der Waals surface area contributed by atoms with Crippen LogP contribution in [0.5, 0.6) is 0 Å². The minimum absolute atomic E-state index is 0.0733. The van der Waals surface area contributed by atoms with Gasteiger partial charge in [-0.1, -0.05) is 17.7 Å². The molecule has 0 spiro atoms. The van der Waals surface area contributed by atoms with E-state index in [9.17, 15) is 4.39 Å². The van der Waals surface area contributed by atoms with Crippen LogP contribution in [0.1, 0.15) is 5.56 Å². The SMILES string of the molecule is Cc1ccc2c(Nc3ccc(F)c(Cl)c3)ncnc2c1. The van der Waals surface area contributed by atoms with Crippen molar-refractivity contribution in [1.82, 2.24) is 9.97 Å².